The molecule has 1 aromatic rings. The van der Waals surface area contributed by atoms with Crippen molar-refractivity contribution in [3.05, 3.63) is 29.8 Å². The van der Waals surface area contributed by atoms with E-state index in [0.29, 0.717) is 25.9 Å². The number of nitrogens with one attached hydrogen (secondary N) is 1. The van der Waals surface area contributed by atoms with Crippen LogP contribution in [0, 0.1) is 11.8 Å². The summed E-state index contributed by atoms with van der Waals surface area (Å²) in [7, 11) is 0. The molecule has 3 N–H and O–H groups in total. The lowest BCUT2D eigenvalue weighted by molar-refractivity contribution is -0.149. The summed E-state index contributed by atoms with van der Waals surface area (Å²) in [6.07, 6.45) is 0.579. The molecule has 1 saturated heterocycles. The number of nitrogens with zero attached hydrogens (tertiary/aromatic N) is 2. The highest BCUT2D eigenvalue weighted by Crippen LogP contribution is 2.33. The molecule has 7 nitrogen and oxygen atoms in total. The molecule has 0 spiro atoms. The largest absolute Gasteiger partial charge is 0.393 e. The number of anilines is 1. The van der Waals surface area contributed by atoms with Crippen molar-refractivity contribution in [2.24, 2.45) is 11.8 Å². The van der Waals surface area contributed by atoms with Gasteiger partial charge in [0.1, 0.15) is 0 Å². The van der Waals surface area contributed by atoms with E-state index in [0.717, 1.165) is 18.8 Å². The quantitative estimate of drug-likeness (QED) is 0.530. The first-order valence-corrected chi connectivity index (χ1v) is 10.5. The number of carbonyl (C=O) groups is 2. The van der Waals surface area contributed by atoms with Crippen LogP contribution < -0.4 is 10.4 Å². The topological polar surface area (TPSA) is 93.1 Å². The second-order valence-corrected chi connectivity index (χ2v) is 9.27. The first-order valence-electron chi connectivity index (χ1n) is 10.5. The summed E-state index contributed by atoms with van der Waals surface area (Å²) in [5, 5.41) is 18.9. The summed E-state index contributed by atoms with van der Waals surface area (Å²) in [5.74, 6) is -1.80. The minimum atomic E-state index is -0.681. The van der Waals surface area contributed by atoms with Crippen molar-refractivity contribution in [3.63, 3.8) is 0 Å². The first kappa shape index (κ1) is 21.6. The number of aliphatic hydroxyl groups is 1. The molecule has 2 aliphatic rings. The predicted molar refractivity (Wildman–Crippen MR) is 111 cm³/mol. The van der Waals surface area contributed by atoms with Crippen molar-refractivity contribution in [1.82, 2.24) is 10.4 Å². The third-order valence-electron chi connectivity index (χ3n) is 6.28. The molecule has 1 aromatic carbocycles. The number of amides is 2. The van der Waals surface area contributed by atoms with Crippen LogP contribution in [0.5, 0.6) is 0 Å². The van der Waals surface area contributed by atoms with E-state index in [1.54, 1.807) is 5.48 Å². The predicted octanol–water partition coefficient (Wildman–Crippen LogP) is 1.92. The summed E-state index contributed by atoms with van der Waals surface area (Å²) in [6.45, 7) is 9.28. The summed E-state index contributed by atoms with van der Waals surface area (Å²) >= 11 is 0. The van der Waals surface area contributed by atoms with Gasteiger partial charge in [0.15, 0.2) is 0 Å². The van der Waals surface area contributed by atoms with Crippen molar-refractivity contribution in [2.45, 2.75) is 51.6 Å². The van der Waals surface area contributed by atoms with E-state index < -0.39 is 23.8 Å². The van der Waals surface area contributed by atoms with Crippen LogP contribution in [0.3, 0.4) is 0 Å². The fourth-order valence-corrected chi connectivity index (χ4v) is 4.41. The van der Waals surface area contributed by atoms with E-state index in [2.05, 4.69) is 49.9 Å². The first-order chi connectivity index (χ1) is 13.7. The molecule has 0 radical (unpaired) electrons. The Labute approximate surface area is 172 Å². The number of hydroxylamine groups is 1. The van der Waals surface area contributed by atoms with Gasteiger partial charge < -0.3 is 14.9 Å². The van der Waals surface area contributed by atoms with E-state index in [4.69, 9.17) is 5.21 Å². The molecule has 7 heteroatoms. The molecule has 3 rings (SSSR count). The van der Waals surface area contributed by atoms with Gasteiger partial charge in [0.05, 0.1) is 12.0 Å². The van der Waals surface area contributed by atoms with Crippen LogP contribution >= 0.6 is 0 Å². The molecule has 1 saturated carbocycles. The molecular formula is C22H33N3O4. The highest BCUT2D eigenvalue weighted by molar-refractivity contribution is 5.87. The Morgan fingerprint density at radius 3 is 2.17 bits per heavy atom. The van der Waals surface area contributed by atoms with Gasteiger partial charge in [-0.15, -0.1) is 0 Å². The zero-order valence-electron chi connectivity index (χ0n) is 17.6. The summed E-state index contributed by atoms with van der Waals surface area (Å²) in [5.41, 5.74) is 4.23. The van der Waals surface area contributed by atoms with Gasteiger partial charge in [0, 0.05) is 37.8 Å². The normalized spacial score (nSPS) is 25.6. The number of hydrogen-bond donors (Lipinski definition) is 3. The number of benzene rings is 1. The lowest BCUT2D eigenvalue weighted by atomic mass is 9.76. The second-order valence-electron chi connectivity index (χ2n) is 9.27. The van der Waals surface area contributed by atoms with Crippen molar-refractivity contribution < 1.29 is 19.9 Å². The number of rotatable bonds is 3. The Bertz CT molecular complexity index is 721. The van der Waals surface area contributed by atoms with Gasteiger partial charge in [0.25, 0.3) is 0 Å². The van der Waals surface area contributed by atoms with Crippen molar-refractivity contribution in [3.8, 4) is 0 Å². The number of hydrogen-bond acceptors (Lipinski definition) is 5. The zero-order chi connectivity index (χ0) is 21.2. The van der Waals surface area contributed by atoms with Crippen LogP contribution in [-0.2, 0) is 15.0 Å². The minimum absolute atomic E-state index is 0.0479. The molecular weight excluding hydrogens is 370 g/mol. The van der Waals surface area contributed by atoms with Crippen molar-refractivity contribution >= 4 is 17.5 Å². The molecule has 29 heavy (non-hydrogen) atoms. The Morgan fingerprint density at radius 1 is 1.00 bits per heavy atom. The second kappa shape index (κ2) is 8.71. The average molecular weight is 404 g/mol. The maximum atomic E-state index is 13.1. The number of piperazine rings is 1. The Hall–Kier alpha value is -2.12. The molecule has 2 fully saturated rings. The van der Waals surface area contributed by atoms with E-state index in [9.17, 15) is 14.7 Å². The molecule has 2 amide bonds. The van der Waals surface area contributed by atoms with Gasteiger partial charge in [-0.2, -0.15) is 0 Å². The third kappa shape index (κ3) is 4.90. The third-order valence-corrected chi connectivity index (χ3v) is 6.28. The number of aliphatic hydroxyl groups excluding tert-OH is 1. The fourth-order valence-electron chi connectivity index (χ4n) is 4.41. The maximum Gasteiger partial charge on any atom is 0.247 e. The Morgan fingerprint density at radius 2 is 1.62 bits per heavy atom. The van der Waals surface area contributed by atoms with Crippen LogP contribution in [0.1, 0.15) is 45.6 Å². The highest BCUT2D eigenvalue weighted by Gasteiger charge is 2.41. The van der Waals surface area contributed by atoms with Gasteiger partial charge in [-0.25, -0.2) is 5.48 Å². The van der Waals surface area contributed by atoms with Gasteiger partial charge >= 0.3 is 0 Å². The molecule has 1 aliphatic heterocycles. The summed E-state index contributed by atoms with van der Waals surface area (Å²) in [4.78, 5) is 29.1. The average Bonchev–Trinajstić information content (AvgIpc) is 2.72. The lowest BCUT2D eigenvalue weighted by Crippen LogP contribution is -2.53. The lowest BCUT2D eigenvalue weighted by Gasteiger charge is -2.40. The van der Waals surface area contributed by atoms with E-state index >= 15 is 0 Å². The smallest absolute Gasteiger partial charge is 0.247 e. The van der Waals surface area contributed by atoms with Crippen LogP contribution in [0.2, 0.25) is 0 Å². The van der Waals surface area contributed by atoms with E-state index in [-0.39, 0.29) is 17.7 Å². The zero-order valence-corrected chi connectivity index (χ0v) is 17.6. The molecule has 0 aromatic heterocycles. The van der Waals surface area contributed by atoms with E-state index in [1.165, 1.54) is 5.56 Å². The molecule has 0 bridgehead atoms. The van der Waals surface area contributed by atoms with Gasteiger partial charge in [-0.3, -0.25) is 14.8 Å². The SMILES string of the molecule is CC(C)(C)c1ccc(N2CCN(C(=O)C3CCC(O)CC3C(=O)NO)CC2)cc1. The van der Waals surface area contributed by atoms with Crippen LogP contribution in [0.25, 0.3) is 0 Å². The molecule has 1 aliphatic carbocycles. The van der Waals surface area contributed by atoms with Crippen LogP contribution in [0.4, 0.5) is 5.69 Å². The van der Waals surface area contributed by atoms with Crippen LogP contribution in [0.15, 0.2) is 24.3 Å². The van der Waals surface area contributed by atoms with E-state index in [1.807, 2.05) is 4.90 Å². The van der Waals surface area contributed by atoms with Gasteiger partial charge in [0.2, 0.25) is 11.8 Å². The molecule has 3 unspecified atom stereocenters. The maximum absolute atomic E-state index is 13.1. The van der Waals surface area contributed by atoms with Gasteiger partial charge in [-0.05, 0) is 42.4 Å². The Balaban J connectivity index is 1.61. The molecule has 160 valence electrons. The summed E-state index contributed by atoms with van der Waals surface area (Å²) in [6, 6.07) is 8.61. The molecule has 3 atom stereocenters. The monoisotopic (exact) mass is 403 g/mol. The number of carbonyl (C=O) groups excluding carboxylic acids is 2. The minimum Gasteiger partial charge on any atom is -0.393 e. The molecule has 1 heterocycles. The van der Waals surface area contributed by atoms with Crippen LogP contribution in [-0.4, -0.2) is 59.3 Å². The highest BCUT2D eigenvalue weighted by atomic mass is 16.5. The van der Waals surface area contributed by atoms with Gasteiger partial charge in [-0.1, -0.05) is 32.9 Å². The van der Waals surface area contributed by atoms with Crippen molar-refractivity contribution in [1.29, 1.82) is 0 Å². The van der Waals surface area contributed by atoms with Crippen molar-refractivity contribution in [2.75, 3.05) is 31.1 Å². The standard InChI is InChI=1S/C22H33N3O4/c1-22(2,3)15-4-6-16(7-5-15)24-10-12-25(13-11-24)21(28)18-9-8-17(26)14-19(18)20(27)23-29/h4-7,17-19,26,29H,8-14H2,1-3H3,(H,23,27). The Kier molecular flexibility index (Phi) is 6.49. The fraction of sp³-hybridized carbons (Fsp3) is 0.636. The summed E-state index contributed by atoms with van der Waals surface area (Å²) < 4.78 is 0.